The summed E-state index contributed by atoms with van der Waals surface area (Å²) in [4.78, 5) is 30.8. The van der Waals surface area contributed by atoms with E-state index in [1.54, 1.807) is 23.3 Å². The summed E-state index contributed by atoms with van der Waals surface area (Å²) in [5.74, 6) is -1.68. The van der Waals surface area contributed by atoms with Crippen LogP contribution < -0.4 is 0 Å². The number of carboxylic acids is 1. The Morgan fingerprint density at radius 3 is 2.80 bits per heavy atom. The number of aliphatic carboxylic acids is 1. The van der Waals surface area contributed by atoms with Gasteiger partial charge in [-0.3, -0.25) is 9.59 Å². The first kappa shape index (κ1) is 13.5. The molecular formula is C14H18N2O3S. The van der Waals surface area contributed by atoms with Gasteiger partial charge in [-0.2, -0.15) is 0 Å². The Labute approximate surface area is 121 Å². The standard InChI is InChI=1S/C14H18N2O3S/c1-7-15-10-4-3-5-11(12(10)20-7)16(2)13(17)8-6-9(8)14(18)19/h8-9,11H,3-6H2,1-2H3,(H,18,19)/t8-,9+,11+/m0/s1. The monoisotopic (exact) mass is 294 g/mol. The number of carboxylic acid groups (broad SMARTS) is 1. The van der Waals surface area contributed by atoms with Crippen molar-refractivity contribution in [3.8, 4) is 0 Å². The molecule has 3 rings (SSSR count). The number of aryl methyl sites for hydroxylation is 2. The molecule has 108 valence electrons. The number of thiazole rings is 1. The zero-order chi connectivity index (χ0) is 14.4. The third-order valence-electron chi connectivity index (χ3n) is 4.27. The number of carbonyl (C=O) groups excluding carboxylic acids is 1. The van der Waals surface area contributed by atoms with E-state index < -0.39 is 11.9 Å². The van der Waals surface area contributed by atoms with Gasteiger partial charge in [-0.15, -0.1) is 11.3 Å². The van der Waals surface area contributed by atoms with Gasteiger partial charge in [0, 0.05) is 7.05 Å². The zero-order valence-electron chi connectivity index (χ0n) is 11.6. The highest BCUT2D eigenvalue weighted by molar-refractivity contribution is 7.11. The van der Waals surface area contributed by atoms with Gasteiger partial charge in [-0.1, -0.05) is 0 Å². The lowest BCUT2D eigenvalue weighted by molar-refractivity contribution is -0.142. The Balaban J connectivity index is 1.77. The van der Waals surface area contributed by atoms with E-state index in [2.05, 4.69) is 4.98 Å². The van der Waals surface area contributed by atoms with Crippen LogP contribution in [0, 0.1) is 18.8 Å². The highest BCUT2D eigenvalue weighted by Gasteiger charge is 2.50. The first-order valence-corrected chi connectivity index (χ1v) is 7.76. The molecule has 2 aliphatic rings. The van der Waals surface area contributed by atoms with Gasteiger partial charge in [0.1, 0.15) is 0 Å². The number of amides is 1. The van der Waals surface area contributed by atoms with Crippen LogP contribution in [0.1, 0.15) is 40.9 Å². The van der Waals surface area contributed by atoms with Gasteiger partial charge in [0.2, 0.25) is 5.91 Å². The van der Waals surface area contributed by atoms with Crippen molar-refractivity contribution in [3.63, 3.8) is 0 Å². The van der Waals surface area contributed by atoms with Crippen molar-refractivity contribution < 1.29 is 14.7 Å². The van der Waals surface area contributed by atoms with Crippen LogP contribution in [0.3, 0.4) is 0 Å². The van der Waals surface area contributed by atoms with Gasteiger partial charge >= 0.3 is 5.97 Å². The second-order valence-electron chi connectivity index (χ2n) is 5.69. The Morgan fingerprint density at radius 2 is 2.15 bits per heavy atom. The maximum Gasteiger partial charge on any atom is 0.307 e. The van der Waals surface area contributed by atoms with E-state index in [0.717, 1.165) is 30.0 Å². The van der Waals surface area contributed by atoms with Crippen LogP contribution in [-0.4, -0.2) is 33.9 Å². The van der Waals surface area contributed by atoms with Crippen molar-refractivity contribution in [1.82, 2.24) is 9.88 Å². The van der Waals surface area contributed by atoms with Crippen molar-refractivity contribution in [2.24, 2.45) is 11.8 Å². The minimum Gasteiger partial charge on any atom is -0.481 e. The first-order valence-electron chi connectivity index (χ1n) is 6.94. The Morgan fingerprint density at radius 1 is 1.40 bits per heavy atom. The summed E-state index contributed by atoms with van der Waals surface area (Å²) in [6.07, 6.45) is 3.45. The van der Waals surface area contributed by atoms with Crippen LogP contribution in [0.4, 0.5) is 0 Å². The molecule has 0 aromatic carbocycles. The lowest BCUT2D eigenvalue weighted by Crippen LogP contribution is -2.34. The second-order valence-corrected chi connectivity index (χ2v) is 6.92. The van der Waals surface area contributed by atoms with Crippen LogP contribution >= 0.6 is 11.3 Å². The SMILES string of the molecule is Cc1nc2c(s1)[C@H](N(C)C(=O)[C@H]1C[C@H]1C(=O)O)CCC2. The summed E-state index contributed by atoms with van der Waals surface area (Å²) < 4.78 is 0. The number of fused-ring (bicyclic) bond motifs is 1. The third-order valence-corrected chi connectivity index (χ3v) is 5.38. The van der Waals surface area contributed by atoms with Gasteiger partial charge in [0.05, 0.1) is 33.5 Å². The average molecular weight is 294 g/mol. The van der Waals surface area contributed by atoms with Crippen molar-refractivity contribution in [2.45, 2.75) is 38.6 Å². The summed E-state index contributed by atoms with van der Waals surface area (Å²) in [7, 11) is 1.80. The van der Waals surface area contributed by atoms with Gasteiger partial charge in [-0.25, -0.2) is 4.98 Å². The molecule has 6 heteroatoms. The zero-order valence-corrected chi connectivity index (χ0v) is 12.4. The van der Waals surface area contributed by atoms with Gasteiger partial charge in [0.15, 0.2) is 0 Å². The molecular weight excluding hydrogens is 276 g/mol. The largest absolute Gasteiger partial charge is 0.481 e. The predicted octanol–water partition coefficient (Wildman–Crippen LogP) is 2.01. The fourth-order valence-corrected chi connectivity index (χ4v) is 4.20. The smallest absolute Gasteiger partial charge is 0.307 e. The third kappa shape index (κ3) is 2.22. The number of hydrogen-bond acceptors (Lipinski definition) is 4. The fourth-order valence-electron chi connectivity index (χ4n) is 3.04. The molecule has 5 nitrogen and oxygen atoms in total. The van der Waals surface area contributed by atoms with Crippen molar-refractivity contribution in [2.75, 3.05) is 7.05 Å². The Bertz CT molecular complexity index is 569. The van der Waals surface area contributed by atoms with E-state index in [4.69, 9.17) is 5.11 Å². The normalized spacial score (nSPS) is 27.8. The Kier molecular flexibility index (Phi) is 3.28. The molecule has 0 aliphatic heterocycles. The minimum absolute atomic E-state index is 0.0266. The van der Waals surface area contributed by atoms with Gasteiger partial charge in [0.25, 0.3) is 0 Å². The van der Waals surface area contributed by atoms with Crippen molar-refractivity contribution >= 4 is 23.2 Å². The summed E-state index contributed by atoms with van der Waals surface area (Å²) in [5, 5.41) is 9.99. The maximum absolute atomic E-state index is 12.4. The van der Waals surface area contributed by atoms with E-state index >= 15 is 0 Å². The van der Waals surface area contributed by atoms with Gasteiger partial charge in [-0.05, 0) is 32.6 Å². The fraction of sp³-hybridized carbons (Fsp3) is 0.643. The van der Waals surface area contributed by atoms with E-state index in [0.29, 0.717) is 6.42 Å². The maximum atomic E-state index is 12.4. The van der Waals surface area contributed by atoms with Crippen LogP contribution in [0.25, 0.3) is 0 Å². The second kappa shape index (κ2) is 4.84. The highest BCUT2D eigenvalue weighted by atomic mass is 32.1. The molecule has 1 saturated carbocycles. The summed E-state index contributed by atoms with van der Waals surface area (Å²) in [6, 6.07) is 0.0764. The van der Waals surface area contributed by atoms with Crippen molar-refractivity contribution in [3.05, 3.63) is 15.6 Å². The molecule has 1 fully saturated rings. The number of aromatic nitrogens is 1. The molecule has 0 radical (unpaired) electrons. The first-order chi connectivity index (χ1) is 9.49. The number of rotatable bonds is 3. The molecule has 0 saturated heterocycles. The van der Waals surface area contributed by atoms with Gasteiger partial charge < -0.3 is 10.0 Å². The molecule has 1 heterocycles. The van der Waals surface area contributed by atoms with Crippen LogP contribution in [0.2, 0.25) is 0 Å². The van der Waals surface area contributed by atoms with E-state index in [1.807, 2.05) is 6.92 Å². The van der Waals surface area contributed by atoms with E-state index in [9.17, 15) is 9.59 Å². The number of hydrogen-bond donors (Lipinski definition) is 1. The summed E-state index contributed by atoms with van der Waals surface area (Å²) in [6.45, 7) is 1.99. The topological polar surface area (TPSA) is 70.5 Å². The average Bonchev–Trinajstić information content (AvgIpc) is 3.12. The molecule has 1 aromatic rings. The lowest BCUT2D eigenvalue weighted by atomic mass is 9.96. The summed E-state index contributed by atoms with van der Waals surface area (Å²) >= 11 is 1.66. The molecule has 2 aliphatic carbocycles. The molecule has 0 spiro atoms. The number of carbonyl (C=O) groups is 2. The quantitative estimate of drug-likeness (QED) is 0.925. The van der Waals surface area contributed by atoms with E-state index in [-0.39, 0.29) is 17.9 Å². The minimum atomic E-state index is -0.852. The predicted molar refractivity (Wildman–Crippen MR) is 74.5 cm³/mol. The highest BCUT2D eigenvalue weighted by Crippen LogP contribution is 2.43. The number of nitrogens with zero attached hydrogens (tertiary/aromatic N) is 2. The van der Waals surface area contributed by atoms with Crippen molar-refractivity contribution in [1.29, 1.82) is 0 Å². The molecule has 3 atom stereocenters. The molecule has 1 aromatic heterocycles. The van der Waals surface area contributed by atoms with Crippen LogP contribution in [0.5, 0.6) is 0 Å². The molecule has 0 bridgehead atoms. The Hall–Kier alpha value is -1.43. The molecule has 1 amide bonds. The summed E-state index contributed by atoms with van der Waals surface area (Å²) in [5.41, 5.74) is 1.12. The lowest BCUT2D eigenvalue weighted by Gasteiger charge is -2.30. The van der Waals surface area contributed by atoms with E-state index in [1.165, 1.54) is 4.88 Å². The van der Waals surface area contributed by atoms with Crippen LogP contribution in [0.15, 0.2) is 0 Å². The molecule has 0 unspecified atom stereocenters. The molecule has 20 heavy (non-hydrogen) atoms. The van der Waals surface area contributed by atoms with Crippen LogP contribution in [-0.2, 0) is 16.0 Å². The molecule has 1 N–H and O–H groups in total.